The third-order valence-corrected chi connectivity index (χ3v) is 2.94. The molecule has 0 atom stereocenters. The van der Waals surface area contributed by atoms with Gasteiger partial charge < -0.3 is 10.6 Å². The molecular weight excluding hydrogens is 276 g/mol. The summed E-state index contributed by atoms with van der Waals surface area (Å²) < 4.78 is 27.8. The van der Waals surface area contributed by atoms with Crippen molar-refractivity contribution in [3.8, 4) is 0 Å². The van der Waals surface area contributed by atoms with E-state index in [2.05, 4.69) is 15.6 Å². The summed E-state index contributed by atoms with van der Waals surface area (Å²) in [6.45, 7) is 3.92. The molecule has 0 saturated carbocycles. The van der Waals surface area contributed by atoms with Gasteiger partial charge in [0.25, 0.3) is 5.91 Å². The van der Waals surface area contributed by atoms with Gasteiger partial charge in [0.15, 0.2) is 11.6 Å². The van der Waals surface area contributed by atoms with E-state index in [1.54, 1.807) is 19.9 Å². The van der Waals surface area contributed by atoms with E-state index in [4.69, 9.17) is 0 Å². The first-order valence-corrected chi connectivity index (χ1v) is 6.49. The molecule has 21 heavy (non-hydrogen) atoms. The van der Waals surface area contributed by atoms with Crippen LogP contribution >= 0.6 is 0 Å². The van der Waals surface area contributed by atoms with Crippen LogP contribution in [0.3, 0.4) is 0 Å². The van der Waals surface area contributed by atoms with E-state index < -0.39 is 17.5 Å². The molecule has 0 saturated heterocycles. The molecule has 0 unspecified atom stereocenters. The predicted molar refractivity (Wildman–Crippen MR) is 77.4 cm³/mol. The highest BCUT2D eigenvalue weighted by Gasteiger charge is 2.17. The van der Waals surface area contributed by atoms with Crippen LogP contribution in [0.2, 0.25) is 0 Å². The molecule has 0 radical (unpaired) electrons. The lowest BCUT2D eigenvalue weighted by Gasteiger charge is -2.11. The van der Waals surface area contributed by atoms with Crippen LogP contribution in [-0.2, 0) is 0 Å². The number of aryl methyl sites for hydroxylation is 1. The zero-order chi connectivity index (χ0) is 15.4. The summed E-state index contributed by atoms with van der Waals surface area (Å²) in [4.78, 5) is 15.9. The van der Waals surface area contributed by atoms with Crippen LogP contribution in [0.25, 0.3) is 0 Å². The molecule has 0 aliphatic carbocycles. The third-order valence-electron chi connectivity index (χ3n) is 2.94. The van der Waals surface area contributed by atoms with E-state index in [1.165, 1.54) is 24.4 Å². The van der Waals surface area contributed by atoms with Crippen molar-refractivity contribution in [2.24, 2.45) is 0 Å². The van der Waals surface area contributed by atoms with Gasteiger partial charge in [0.2, 0.25) is 0 Å². The summed E-state index contributed by atoms with van der Waals surface area (Å²) in [7, 11) is 0. The monoisotopic (exact) mass is 291 g/mol. The van der Waals surface area contributed by atoms with Gasteiger partial charge in [0, 0.05) is 12.7 Å². The second kappa shape index (κ2) is 6.30. The summed E-state index contributed by atoms with van der Waals surface area (Å²) in [5.74, 6) is -2.05. The molecule has 0 aliphatic rings. The van der Waals surface area contributed by atoms with Crippen molar-refractivity contribution < 1.29 is 13.6 Å². The Bertz CT molecular complexity index is 654. The van der Waals surface area contributed by atoms with Gasteiger partial charge in [-0.05, 0) is 31.5 Å². The molecule has 0 bridgehead atoms. The lowest BCUT2D eigenvalue weighted by Crippen LogP contribution is -2.17. The normalized spacial score (nSPS) is 10.3. The number of anilines is 2. The number of halogens is 2. The summed E-state index contributed by atoms with van der Waals surface area (Å²) in [6, 6.07) is 5.68. The second-order valence-electron chi connectivity index (χ2n) is 4.44. The first-order valence-electron chi connectivity index (χ1n) is 6.49. The van der Waals surface area contributed by atoms with Crippen molar-refractivity contribution in [2.75, 3.05) is 17.2 Å². The first kappa shape index (κ1) is 14.9. The van der Waals surface area contributed by atoms with Crippen molar-refractivity contribution in [3.05, 3.63) is 53.2 Å². The highest BCUT2D eigenvalue weighted by atomic mass is 19.1. The Hall–Kier alpha value is -2.50. The third kappa shape index (κ3) is 3.16. The lowest BCUT2D eigenvalue weighted by atomic mass is 10.1. The highest BCUT2D eigenvalue weighted by Crippen LogP contribution is 2.21. The Labute approximate surface area is 121 Å². The van der Waals surface area contributed by atoms with Crippen LogP contribution < -0.4 is 10.6 Å². The molecule has 0 fully saturated rings. The molecule has 6 heteroatoms. The highest BCUT2D eigenvalue weighted by molar-refractivity contribution is 6.05. The number of benzene rings is 1. The molecule has 2 rings (SSSR count). The Morgan fingerprint density at radius 3 is 2.71 bits per heavy atom. The zero-order valence-electron chi connectivity index (χ0n) is 11.7. The maximum absolute atomic E-state index is 14.1. The number of aromatic nitrogens is 1. The van der Waals surface area contributed by atoms with E-state index >= 15 is 0 Å². The number of nitrogens with one attached hydrogen (secondary N) is 2. The molecule has 2 aromatic rings. The average Bonchev–Trinajstić information content (AvgIpc) is 2.45. The number of para-hydroxylation sites is 1. The van der Waals surface area contributed by atoms with E-state index in [-0.39, 0.29) is 17.1 Å². The summed E-state index contributed by atoms with van der Waals surface area (Å²) in [6.07, 6.45) is 1.32. The van der Waals surface area contributed by atoms with E-state index in [0.717, 1.165) is 0 Å². The Kier molecular flexibility index (Phi) is 4.47. The minimum absolute atomic E-state index is 0.00425. The molecule has 1 aromatic heterocycles. The van der Waals surface area contributed by atoms with Crippen LogP contribution in [0.15, 0.2) is 30.5 Å². The molecule has 2 N–H and O–H groups in total. The minimum atomic E-state index is -0.758. The van der Waals surface area contributed by atoms with Crippen molar-refractivity contribution in [1.29, 1.82) is 0 Å². The van der Waals surface area contributed by atoms with Crippen LogP contribution in [-0.4, -0.2) is 17.4 Å². The van der Waals surface area contributed by atoms with Crippen molar-refractivity contribution in [1.82, 2.24) is 4.98 Å². The Morgan fingerprint density at radius 1 is 1.29 bits per heavy atom. The SMILES string of the molecule is CCNc1nccc(C(=O)Nc2c(C)cccc2F)c1F. The number of pyridine rings is 1. The molecule has 0 spiro atoms. The summed E-state index contributed by atoms with van der Waals surface area (Å²) >= 11 is 0. The van der Waals surface area contributed by atoms with Gasteiger partial charge in [0.1, 0.15) is 5.82 Å². The Balaban J connectivity index is 2.31. The number of hydrogen-bond donors (Lipinski definition) is 2. The maximum atomic E-state index is 14.1. The molecule has 0 aliphatic heterocycles. The van der Waals surface area contributed by atoms with Gasteiger partial charge in [-0.3, -0.25) is 4.79 Å². The largest absolute Gasteiger partial charge is 0.368 e. The van der Waals surface area contributed by atoms with Crippen LogP contribution in [0.1, 0.15) is 22.8 Å². The van der Waals surface area contributed by atoms with Gasteiger partial charge in [-0.1, -0.05) is 12.1 Å². The number of nitrogens with zero attached hydrogens (tertiary/aromatic N) is 1. The number of rotatable bonds is 4. The fraction of sp³-hybridized carbons (Fsp3) is 0.200. The van der Waals surface area contributed by atoms with Gasteiger partial charge in [-0.25, -0.2) is 13.8 Å². The molecule has 1 heterocycles. The second-order valence-corrected chi connectivity index (χ2v) is 4.44. The zero-order valence-corrected chi connectivity index (χ0v) is 11.7. The van der Waals surface area contributed by atoms with Crippen molar-refractivity contribution in [3.63, 3.8) is 0 Å². The van der Waals surface area contributed by atoms with Crippen LogP contribution in [0, 0.1) is 18.6 Å². The quantitative estimate of drug-likeness (QED) is 0.908. The fourth-order valence-corrected chi connectivity index (χ4v) is 1.88. The topological polar surface area (TPSA) is 54.0 Å². The maximum Gasteiger partial charge on any atom is 0.258 e. The van der Waals surface area contributed by atoms with Crippen LogP contribution in [0.5, 0.6) is 0 Å². The van der Waals surface area contributed by atoms with Gasteiger partial charge >= 0.3 is 0 Å². The van der Waals surface area contributed by atoms with E-state index in [9.17, 15) is 13.6 Å². The molecule has 4 nitrogen and oxygen atoms in total. The Morgan fingerprint density at radius 2 is 2.05 bits per heavy atom. The predicted octanol–water partition coefficient (Wildman–Crippen LogP) is 3.35. The number of amides is 1. The lowest BCUT2D eigenvalue weighted by molar-refractivity contribution is 0.102. The number of carbonyl (C=O) groups is 1. The molecule has 110 valence electrons. The fourth-order valence-electron chi connectivity index (χ4n) is 1.88. The van der Waals surface area contributed by atoms with Crippen LogP contribution in [0.4, 0.5) is 20.3 Å². The van der Waals surface area contributed by atoms with Gasteiger partial charge in [0.05, 0.1) is 11.3 Å². The minimum Gasteiger partial charge on any atom is -0.368 e. The van der Waals surface area contributed by atoms with Crippen molar-refractivity contribution >= 4 is 17.4 Å². The molecular formula is C15H15F2N3O. The van der Waals surface area contributed by atoms with E-state index in [0.29, 0.717) is 12.1 Å². The van der Waals surface area contributed by atoms with Gasteiger partial charge in [-0.15, -0.1) is 0 Å². The summed E-state index contributed by atoms with van der Waals surface area (Å²) in [5.41, 5.74) is 0.414. The molecule has 1 aromatic carbocycles. The summed E-state index contributed by atoms with van der Waals surface area (Å²) in [5, 5.41) is 5.11. The first-order chi connectivity index (χ1) is 10.0. The molecule has 1 amide bonds. The van der Waals surface area contributed by atoms with E-state index in [1.807, 2.05) is 0 Å². The smallest absolute Gasteiger partial charge is 0.258 e. The number of carbonyl (C=O) groups excluding carboxylic acids is 1. The number of hydrogen-bond acceptors (Lipinski definition) is 3. The average molecular weight is 291 g/mol. The standard InChI is InChI=1S/C15H15F2N3O/c1-3-18-14-12(17)10(7-8-19-14)15(21)20-13-9(2)5-4-6-11(13)16/h4-8H,3H2,1-2H3,(H,18,19)(H,20,21). The van der Waals surface area contributed by atoms with Crippen molar-refractivity contribution in [2.45, 2.75) is 13.8 Å². The van der Waals surface area contributed by atoms with Gasteiger partial charge in [-0.2, -0.15) is 0 Å².